The summed E-state index contributed by atoms with van der Waals surface area (Å²) in [5.41, 5.74) is 7.48. The van der Waals surface area contributed by atoms with Crippen LogP contribution < -0.4 is 20.5 Å². The van der Waals surface area contributed by atoms with Crippen molar-refractivity contribution in [1.29, 1.82) is 0 Å². The van der Waals surface area contributed by atoms with E-state index in [1.165, 1.54) is 24.8 Å². The zero-order valence-electron chi connectivity index (χ0n) is 11.4. The minimum absolute atomic E-state index is 0.207. The van der Waals surface area contributed by atoms with Crippen molar-refractivity contribution in [2.45, 2.75) is 25.3 Å². The lowest BCUT2D eigenvalue weighted by molar-refractivity contribution is 0.0875. The van der Waals surface area contributed by atoms with Crippen LogP contribution in [0.5, 0.6) is 11.5 Å². The summed E-state index contributed by atoms with van der Waals surface area (Å²) in [6, 6.07) is 6.54. The van der Waals surface area contributed by atoms with E-state index in [1.807, 2.05) is 13.1 Å². The molecule has 0 spiro atoms. The van der Waals surface area contributed by atoms with Gasteiger partial charge in [0.05, 0.1) is 0 Å². The highest BCUT2D eigenvalue weighted by atomic mass is 16.6. The molecule has 1 saturated carbocycles. The lowest BCUT2D eigenvalue weighted by atomic mass is 9.62. The fourth-order valence-corrected chi connectivity index (χ4v) is 3.31. The molecule has 1 aromatic rings. The molecule has 0 saturated heterocycles. The van der Waals surface area contributed by atoms with Crippen LogP contribution in [0.1, 0.15) is 30.9 Å². The number of rotatable bonds is 4. The van der Waals surface area contributed by atoms with Crippen LogP contribution in [0.4, 0.5) is 0 Å². The molecule has 1 fully saturated rings. The molecule has 4 nitrogen and oxygen atoms in total. The van der Waals surface area contributed by atoms with Gasteiger partial charge in [-0.3, -0.25) is 0 Å². The molecule has 3 N–H and O–H groups in total. The Kier molecular flexibility index (Phi) is 3.37. The Bertz CT molecular complexity index is 452. The summed E-state index contributed by atoms with van der Waals surface area (Å²) in [7, 11) is 2.01. The van der Waals surface area contributed by atoms with Gasteiger partial charge in [-0.25, -0.2) is 0 Å². The quantitative estimate of drug-likeness (QED) is 0.869. The van der Waals surface area contributed by atoms with Crippen molar-refractivity contribution in [3.05, 3.63) is 23.8 Å². The smallest absolute Gasteiger partial charge is 0.161 e. The predicted molar refractivity (Wildman–Crippen MR) is 74.6 cm³/mol. The van der Waals surface area contributed by atoms with E-state index in [1.54, 1.807) is 0 Å². The van der Waals surface area contributed by atoms with E-state index in [0.29, 0.717) is 19.3 Å². The fourth-order valence-electron chi connectivity index (χ4n) is 3.31. The van der Waals surface area contributed by atoms with Crippen molar-refractivity contribution < 1.29 is 9.47 Å². The second-order valence-corrected chi connectivity index (χ2v) is 5.54. The molecule has 19 heavy (non-hydrogen) atoms. The summed E-state index contributed by atoms with van der Waals surface area (Å²) in [4.78, 5) is 0. The number of hydrogen-bond donors (Lipinski definition) is 2. The minimum Gasteiger partial charge on any atom is -0.486 e. The maximum atomic E-state index is 6.02. The Labute approximate surface area is 114 Å². The second-order valence-electron chi connectivity index (χ2n) is 5.54. The fraction of sp³-hybridized carbons (Fsp3) is 0.600. The van der Waals surface area contributed by atoms with Crippen molar-refractivity contribution in [1.82, 2.24) is 5.32 Å². The van der Waals surface area contributed by atoms with Crippen LogP contribution >= 0.6 is 0 Å². The van der Waals surface area contributed by atoms with Crippen LogP contribution in [-0.2, 0) is 0 Å². The van der Waals surface area contributed by atoms with Crippen molar-refractivity contribution in [3.8, 4) is 11.5 Å². The van der Waals surface area contributed by atoms with E-state index in [-0.39, 0.29) is 5.41 Å². The van der Waals surface area contributed by atoms with Gasteiger partial charge in [-0.15, -0.1) is 0 Å². The summed E-state index contributed by atoms with van der Waals surface area (Å²) in [6.07, 6.45) is 3.67. The van der Waals surface area contributed by atoms with Crippen LogP contribution in [0.25, 0.3) is 0 Å². The van der Waals surface area contributed by atoms with Gasteiger partial charge in [0.2, 0.25) is 0 Å². The second kappa shape index (κ2) is 5.02. The number of nitrogens with two attached hydrogens (primary N) is 1. The van der Waals surface area contributed by atoms with Crippen LogP contribution in [0, 0.1) is 5.41 Å². The highest BCUT2D eigenvalue weighted by Gasteiger charge is 2.43. The standard InChI is InChI=1S/C15H22N2O2/c1-17-14(15(10-16)5-2-6-15)11-3-4-12-13(9-11)19-8-7-18-12/h3-4,9,14,17H,2,5-8,10,16H2,1H3. The number of ether oxygens (including phenoxy) is 2. The molecule has 1 aliphatic carbocycles. The van der Waals surface area contributed by atoms with Crippen LogP contribution in [0.3, 0.4) is 0 Å². The maximum Gasteiger partial charge on any atom is 0.161 e. The molecule has 0 bridgehead atoms. The van der Waals surface area contributed by atoms with E-state index in [2.05, 4.69) is 17.4 Å². The SMILES string of the molecule is CNC(c1ccc2c(c1)OCCO2)C1(CN)CCC1. The highest BCUT2D eigenvalue weighted by Crippen LogP contribution is 2.50. The molecular weight excluding hydrogens is 240 g/mol. The molecule has 104 valence electrons. The van der Waals surface area contributed by atoms with E-state index in [0.717, 1.165) is 18.0 Å². The lowest BCUT2D eigenvalue weighted by Crippen LogP contribution is -2.47. The molecule has 3 rings (SSSR count). The van der Waals surface area contributed by atoms with Gasteiger partial charge in [0, 0.05) is 11.5 Å². The molecule has 1 unspecified atom stereocenters. The number of hydrogen-bond acceptors (Lipinski definition) is 4. The van der Waals surface area contributed by atoms with E-state index >= 15 is 0 Å². The average Bonchev–Trinajstić information content (AvgIpc) is 2.42. The molecule has 1 heterocycles. The zero-order valence-corrected chi connectivity index (χ0v) is 11.4. The van der Waals surface area contributed by atoms with Gasteiger partial charge < -0.3 is 20.5 Å². The summed E-state index contributed by atoms with van der Waals surface area (Å²) < 4.78 is 11.2. The van der Waals surface area contributed by atoms with Crippen molar-refractivity contribution in [2.75, 3.05) is 26.8 Å². The first kappa shape index (κ1) is 12.8. The molecule has 0 aromatic heterocycles. The lowest BCUT2D eigenvalue weighted by Gasteiger charge is -2.47. The number of nitrogens with one attached hydrogen (secondary N) is 1. The Balaban J connectivity index is 1.91. The Hall–Kier alpha value is -1.26. The molecular formula is C15H22N2O2. The molecule has 1 atom stereocenters. The first-order valence-corrected chi connectivity index (χ1v) is 7.06. The van der Waals surface area contributed by atoms with Gasteiger partial charge in [0.1, 0.15) is 13.2 Å². The molecule has 0 radical (unpaired) electrons. The summed E-state index contributed by atoms with van der Waals surface area (Å²) in [5, 5.41) is 3.44. The Morgan fingerprint density at radius 2 is 2.00 bits per heavy atom. The minimum atomic E-state index is 0.207. The van der Waals surface area contributed by atoms with Crippen molar-refractivity contribution >= 4 is 0 Å². The van der Waals surface area contributed by atoms with E-state index < -0.39 is 0 Å². The van der Waals surface area contributed by atoms with Crippen LogP contribution in [0.2, 0.25) is 0 Å². The molecule has 1 aromatic carbocycles. The van der Waals surface area contributed by atoms with Crippen molar-refractivity contribution in [2.24, 2.45) is 11.1 Å². The van der Waals surface area contributed by atoms with Gasteiger partial charge in [-0.05, 0) is 44.1 Å². The van der Waals surface area contributed by atoms with Gasteiger partial charge in [-0.2, -0.15) is 0 Å². The first-order chi connectivity index (χ1) is 9.29. The highest BCUT2D eigenvalue weighted by molar-refractivity contribution is 5.45. The third-order valence-electron chi connectivity index (χ3n) is 4.56. The molecule has 4 heteroatoms. The third kappa shape index (κ3) is 2.09. The topological polar surface area (TPSA) is 56.5 Å². The van der Waals surface area contributed by atoms with Gasteiger partial charge >= 0.3 is 0 Å². The summed E-state index contributed by atoms with van der Waals surface area (Å²) >= 11 is 0. The monoisotopic (exact) mass is 262 g/mol. The summed E-state index contributed by atoms with van der Waals surface area (Å²) in [5.74, 6) is 1.70. The van der Waals surface area contributed by atoms with Gasteiger partial charge in [0.25, 0.3) is 0 Å². The predicted octanol–water partition coefficient (Wildman–Crippen LogP) is 1.85. The van der Waals surface area contributed by atoms with Crippen LogP contribution in [-0.4, -0.2) is 26.8 Å². The molecule has 2 aliphatic rings. The van der Waals surface area contributed by atoms with Gasteiger partial charge in [-0.1, -0.05) is 12.5 Å². The third-order valence-corrected chi connectivity index (χ3v) is 4.56. The normalized spacial score (nSPS) is 21.6. The maximum absolute atomic E-state index is 6.02. The van der Waals surface area contributed by atoms with Gasteiger partial charge in [0.15, 0.2) is 11.5 Å². The van der Waals surface area contributed by atoms with E-state index in [9.17, 15) is 0 Å². The van der Waals surface area contributed by atoms with Crippen molar-refractivity contribution in [3.63, 3.8) is 0 Å². The Morgan fingerprint density at radius 1 is 1.26 bits per heavy atom. The first-order valence-electron chi connectivity index (χ1n) is 7.06. The largest absolute Gasteiger partial charge is 0.486 e. The summed E-state index contributed by atoms with van der Waals surface area (Å²) in [6.45, 7) is 1.99. The molecule has 0 amide bonds. The molecule has 1 aliphatic heterocycles. The number of fused-ring (bicyclic) bond motifs is 1. The van der Waals surface area contributed by atoms with Crippen LogP contribution in [0.15, 0.2) is 18.2 Å². The number of benzene rings is 1. The average molecular weight is 262 g/mol. The Morgan fingerprint density at radius 3 is 2.58 bits per heavy atom. The zero-order chi connectivity index (χ0) is 13.3. The van der Waals surface area contributed by atoms with E-state index in [4.69, 9.17) is 15.2 Å².